The van der Waals surface area contributed by atoms with Crippen LogP contribution in [0.25, 0.3) is 6.08 Å². The van der Waals surface area contributed by atoms with Crippen molar-refractivity contribution in [2.75, 3.05) is 13.2 Å². The van der Waals surface area contributed by atoms with Crippen LogP contribution in [0.15, 0.2) is 42.5 Å². The fraction of sp³-hybridized carbons (Fsp3) is 0.348. The molecule has 0 radical (unpaired) electrons. The maximum atomic E-state index is 12.5. The van der Waals surface area contributed by atoms with Gasteiger partial charge in [0, 0.05) is 10.6 Å². The van der Waals surface area contributed by atoms with Gasteiger partial charge >= 0.3 is 0 Å². The van der Waals surface area contributed by atoms with Crippen LogP contribution in [0, 0.1) is 0 Å². The first kappa shape index (κ1) is 19.2. The third-order valence-electron chi connectivity index (χ3n) is 5.28. The molecule has 2 bridgehead atoms. The van der Waals surface area contributed by atoms with Crippen LogP contribution >= 0.6 is 11.6 Å². The number of halogens is 1. The zero-order valence-electron chi connectivity index (χ0n) is 16.0. The molecular formula is C23H23ClO4. The van der Waals surface area contributed by atoms with Crippen molar-refractivity contribution in [3.05, 3.63) is 69.8 Å². The lowest BCUT2D eigenvalue weighted by atomic mass is 9.92. The fourth-order valence-electron chi connectivity index (χ4n) is 3.48. The summed E-state index contributed by atoms with van der Waals surface area (Å²) in [6, 6.07) is 11.0. The van der Waals surface area contributed by atoms with Gasteiger partial charge in [0.25, 0.3) is 0 Å². The Bertz CT molecular complexity index is 904. The van der Waals surface area contributed by atoms with E-state index in [9.17, 15) is 4.79 Å². The molecule has 0 N–H and O–H groups in total. The van der Waals surface area contributed by atoms with Gasteiger partial charge in [0.1, 0.15) is 18.5 Å². The zero-order chi connectivity index (χ0) is 19.7. The Morgan fingerprint density at radius 3 is 2.79 bits per heavy atom. The Balaban J connectivity index is 1.68. The summed E-state index contributed by atoms with van der Waals surface area (Å²) in [5.41, 5.74) is 3.55. The minimum absolute atomic E-state index is 0.0346. The number of carbonyl (C=O) groups is 1. The standard InChI is InChI=1S/C23H23ClO4/c1-3-14(2)19-10-15(4-9-21(25)16-5-7-17(24)8-6-16)11-20-22(19)26-12-18-13-27-23(20)28-18/h4-11,14,18,23H,3,12-13H2,1-2H3/b9-4+. The summed E-state index contributed by atoms with van der Waals surface area (Å²) in [5.74, 6) is 1.12. The van der Waals surface area contributed by atoms with Crippen molar-refractivity contribution in [3.63, 3.8) is 0 Å². The van der Waals surface area contributed by atoms with Crippen LogP contribution in [0.2, 0.25) is 5.02 Å². The molecule has 3 atom stereocenters. The van der Waals surface area contributed by atoms with E-state index in [2.05, 4.69) is 19.9 Å². The van der Waals surface area contributed by atoms with Crippen LogP contribution in [0.3, 0.4) is 0 Å². The van der Waals surface area contributed by atoms with E-state index in [1.165, 1.54) is 0 Å². The lowest BCUT2D eigenvalue weighted by Crippen LogP contribution is -2.19. The van der Waals surface area contributed by atoms with E-state index in [1.54, 1.807) is 30.3 Å². The van der Waals surface area contributed by atoms with Gasteiger partial charge in [-0.2, -0.15) is 0 Å². The van der Waals surface area contributed by atoms with Crippen LogP contribution < -0.4 is 4.74 Å². The summed E-state index contributed by atoms with van der Waals surface area (Å²) in [5, 5.41) is 0.611. The molecule has 0 amide bonds. The van der Waals surface area contributed by atoms with E-state index in [-0.39, 0.29) is 11.9 Å². The minimum atomic E-state index is -0.411. The van der Waals surface area contributed by atoms with E-state index in [4.69, 9.17) is 25.8 Å². The first-order valence-corrected chi connectivity index (χ1v) is 9.98. The molecular weight excluding hydrogens is 376 g/mol. The SMILES string of the molecule is CCC(C)c1cc(/C=C/C(=O)c2ccc(Cl)cc2)cc2c1OCC1COC2O1. The van der Waals surface area contributed by atoms with Crippen LogP contribution in [0.5, 0.6) is 5.75 Å². The molecule has 2 aromatic rings. The van der Waals surface area contributed by atoms with Gasteiger partial charge in [0.05, 0.1) is 12.2 Å². The van der Waals surface area contributed by atoms with Gasteiger partial charge in [-0.3, -0.25) is 4.79 Å². The Morgan fingerprint density at radius 1 is 1.25 bits per heavy atom. The van der Waals surface area contributed by atoms with Crippen molar-refractivity contribution < 1.29 is 19.0 Å². The van der Waals surface area contributed by atoms with Gasteiger partial charge in [-0.25, -0.2) is 0 Å². The highest BCUT2D eigenvalue weighted by atomic mass is 35.5. The molecule has 5 heteroatoms. The van der Waals surface area contributed by atoms with Crippen molar-refractivity contribution in [3.8, 4) is 5.75 Å². The first-order chi connectivity index (χ1) is 13.5. The lowest BCUT2D eigenvalue weighted by Gasteiger charge is -2.21. The molecule has 2 aliphatic rings. The number of allylic oxidation sites excluding steroid dienone is 1. The van der Waals surface area contributed by atoms with Gasteiger partial charge in [-0.1, -0.05) is 31.5 Å². The molecule has 28 heavy (non-hydrogen) atoms. The molecule has 1 fully saturated rings. The topological polar surface area (TPSA) is 44.8 Å². The fourth-order valence-corrected chi connectivity index (χ4v) is 3.61. The van der Waals surface area contributed by atoms with Crippen LogP contribution in [0.1, 0.15) is 59.5 Å². The zero-order valence-corrected chi connectivity index (χ0v) is 16.7. The molecule has 0 saturated carbocycles. The summed E-state index contributed by atoms with van der Waals surface area (Å²) in [4.78, 5) is 12.5. The molecule has 3 unspecified atom stereocenters. The molecule has 0 aromatic heterocycles. The maximum Gasteiger partial charge on any atom is 0.188 e. The number of carbonyl (C=O) groups excluding carboxylic acids is 1. The average molecular weight is 399 g/mol. The summed E-state index contributed by atoms with van der Waals surface area (Å²) >= 11 is 5.90. The highest BCUT2D eigenvalue weighted by Gasteiger charge is 2.35. The minimum Gasteiger partial charge on any atom is -0.490 e. The van der Waals surface area contributed by atoms with Gasteiger partial charge in [0.15, 0.2) is 12.1 Å². The summed E-state index contributed by atoms with van der Waals surface area (Å²) in [7, 11) is 0. The van der Waals surface area contributed by atoms with Gasteiger partial charge in [0.2, 0.25) is 0 Å². The Morgan fingerprint density at radius 2 is 2.04 bits per heavy atom. The monoisotopic (exact) mass is 398 g/mol. The third-order valence-corrected chi connectivity index (χ3v) is 5.54. The number of ether oxygens (including phenoxy) is 3. The van der Waals surface area contributed by atoms with Gasteiger partial charge < -0.3 is 14.2 Å². The normalized spacial score (nSPS) is 21.8. The van der Waals surface area contributed by atoms with Crippen molar-refractivity contribution >= 4 is 23.5 Å². The van der Waals surface area contributed by atoms with Crippen LogP contribution in [-0.4, -0.2) is 25.1 Å². The highest BCUT2D eigenvalue weighted by molar-refractivity contribution is 6.30. The number of benzene rings is 2. The van der Waals surface area contributed by atoms with E-state index in [0.29, 0.717) is 29.7 Å². The average Bonchev–Trinajstić information content (AvgIpc) is 3.10. The molecule has 2 aromatic carbocycles. The Hall–Kier alpha value is -2.14. The first-order valence-electron chi connectivity index (χ1n) is 9.60. The molecule has 146 valence electrons. The van der Waals surface area contributed by atoms with Crippen molar-refractivity contribution in [1.82, 2.24) is 0 Å². The summed E-state index contributed by atoms with van der Waals surface area (Å²) < 4.78 is 17.8. The quantitative estimate of drug-likeness (QED) is 0.488. The number of hydrogen-bond donors (Lipinski definition) is 0. The second-order valence-electron chi connectivity index (χ2n) is 7.28. The van der Waals surface area contributed by atoms with Crippen LogP contribution in [-0.2, 0) is 9.47 Å². The molecule has 4 nitrogen and oxygen atoms in total. The van der Waals surface area contributed by atoms with Crippen molar-refractivity contribution in [2.24, 2.45) is 0 Å². The van der Waals surface area contributed by atoms with E-state index in [1.807, 2.05) is 12.1 Å². The van der Waals surface area contributed by atoms with E-state index in [0.717, 1.165) is 28.9 Å². The summed E-state index contributed by atoms with van der Waals surface area (Å²) in [6.07, 6.45) is 3.96. The Kier molecular flexibility index (Phi) is 5.54. The summed E-state index contributed by atoms with van der Waals surface area (Å²) in [6.45, 7) is 5.37. The molecule has 4 rings (SSSR count). The largest absolute Gasteiger partial charge is 0.490 e. The second kappa shape index (κ2) is 8.08. The van der Waals surface area contributed by atoms with E-state index < -0.39 is 6.29 Å². The third kappa shape index (κ3) is 3.86. The number of hydrogen-bond acceptors (Lipinski definition) is 4. The van der Waals surface area contributed by atoms with Crippen LogP contribution in [0.4, 0.5) is 0 Å². The molecule has 1 saturated heterocycles. The maximum absolute atomic E-state index is 12.5. The van der Waals surface area contributed by atoms with Crippen molar-refractivity contribution in [1.29, 1.82) is 0 Å². The molecule has 2 aliphatic heterocycles. The van der Waals surface area contributed by atoms with Crippen molar-refractivity contribution in [2.45, 2.75) is 38.6 Å². The molecule has 2 heterocycles. The van der Waals surface area contributed by atoms with Gasteiger partial charge in [-0.15, -0.1) is 0 Å². The number of ketones is 1. The number of fused-ring (bicyclic) bond motifs is 4. The Labute approximate surface area is 170 Å². The smallest absolute Gasteiger partial charge is 0.188 e. The number of rotatable bonds is 5. The predicted molar refractivity (Wildman–Crippen MR) is 109 cm³/mol. The molecule has 0 aliphatic carbocycles. The predicted octanol–water partition coefficient (Wildman–Crippen LogP) is 5.56. The second-order valence-corrected chi connectivity index (χ2v) is 7.71. The highest BCUT2D eigenvalue weighted by Crippen LogP contribution is 2.42. The van der Waals surface area contributed by atoms with Gasteiger partial charge in [-0.05, 0) is 65.9 Å². The lowest BCUT2D eigenvalue weighted by molar-refractivity contribution is -0.0579. The molecule has 0 spiro atoms. The van der Waals surface area contributed by atoms with E-state index >= 15 is 0 Å².